The Balaban J connectivity index is 1.08. The van der Waals surface area contributed by atoms with E-state index in [1.54, 1.807) is 0 Å². The van der Waals surface area contributed by atoms with Crippen molar-refractivity contribution in [3.05, 3.63) is 200 Å². The summed E-state index contributed by atoms with van der Waals surface area (Å²) in [6.07, 6.45) is 0. The molecule has 11 rings (SSSR count). The zero-order valence-corrected chi connectivity index (χ0v) is 30.6. The molecule has 55 heavy (non-hydrogen) atoms. The number of rotatable bonds is 6. The van der Waals surface area contributed by atoms with E-state index < -0.39 is 0 Å². The third-order valence-corrected chi connectivity index (χ3v) is 12.0. The van der Waals surface area contributed by atoms with Crippen LogP contribution in [0, 0.1) is 0 Å². The minimum absolute atomic E-state index is 0.872. The fourth-order valence-corrected chi connectivity index (χ4v) is 9.42. The predicted octanol–water partition coefficient (Wildman–Crippen LogP) is 15.6. The van der Waals surface area contributed by atoms with Gasteiger partial charge in [-0.1, -0.05) is 140 Å². The highest BCUT2D eigenvalue weighted by atomic mass is 32.1. The summed E-state index contributed by atoms with van der Waals surface area (Å²) >= 11 is 1.87. The lowest BCUT2D eigenvalue weighted by molar-refractivity contribution is 0.669. The maximum absolute atomic E-state index is 6.39. The van der Waals surface area contributed by atoms with Crippen LogP contribution in [0.15, 0.2) is 205 Å². The fourth-order valence-electron chi connectivity index (χ4n) is 8.30. The van der Waals surface area contributed by atoms with Gasteiger partial charge in [-0.2, -0.15) is 0 Å². The van der Waals surface area contributed by atoms with Crippen LogP contribution in [0.5, 0.6) is 0 Å². The van der Waals surface area contributed by atoms with Crippen molar-refractivity contribution in [3.63, 3.8) is 0 Å². The Hall–Kier alpha value is -6.94. The minimum atomic E-state index is 0.872. The van der Waals surface area contributed by atoms with Crippen molar-refractivity contribution in [2.24, 2.45) is 0 Å². The van der Waals surface area contributed by atoms with Gasteiger partial charge >= 0.3 is 0 Å². The lowest BCUT2D eigenvalue weighted by atomic mass is 9.88. The Morgan fingerprint density at radius 3 is 1.80 bits per heavy atom. The molecule has 3 heteroatoms. The third-order valence-electron chi connectivity index (χ3n) is 10.9. The van der Waals surface area contributed by atoms with Gasteiger partial charge < -0.3 is 9.32 Å². The standard InChI is InChI=1S/C52H33NOS/c1-2-11-34(12-3-1)35-21-25-38(26-22-35)53(40-29-30-44-43-16-6-8-19-47(43)54-48(44)33-40)39-27-23-37(24-28-39)42-31-32-50-52(46-17-7-9-20-49(46)55-50)51(42)45-18-10-14-36-13-4-5-15-41(36)45/h1-33H. The minimum Gasteiger partial charge on any atom is -0.456 e. The molecule has 0 aliphatic carbocycles. The van der Waals surface area contributed by atoms with Crippen molar-refractivity contribution >= 4 is 81.3 Å². The molecule has 9 aromatic carbocycles. The van der Waals surface area contributed by atoms with Crippen LogP contribution < -0.4 is 4.90 Å². The second-order valence-electron chi connectivity index (χ2n) is 14.1. The normalized spacial score (nSPS) is 11.6. The number of hydrogen-bond donors (Lipinski definition) is 0. The molecule has 2 heterocycles. The summed E-state index contributed by atoms with van der Waals surface area (Å²) in [6.45, 7) is 0. The van der Waals surface area contributed by atoms with Crippen molar-refractivity contribution in [1.29, 1.82) is 0 Å². The van der Waals surface area contributed by atoms with E-state index in [2.05, 4.69) is 193 Å². The molecule has 0 unspecified atom stereocenters. The van der Waals surface area contributed by atoms with E-state index in [1.807, 2.05) is 23.5 Å². The molecule has 0 aliphatic rings. The van der Waals surface area contributed by atoms with Crippen LogP contribution in [0.1, 0.15) is 0 Å². The van der Waals surface area contributed by atoms with Crippen molar-refractivity contribution in [1.82, 2.24) is 0 Å². The number of anilines is 3. The van der Waals surface area contributed by atoms with Gasteiger partial charge in [0, 0.05) is 54.1 Å². The van der Waals surface area contributed by atoms with Gasteiger partial charge in [-0.15, -0.1) is 11.3 Å². The van der Waals surface area contributed by atoms with Gasteiger partial charge in [0.05, 0.1) is 0 Å². The maximum Gasteiger partial charge on any atom is 0.137 e. The van der Waals surface area contributed by atoms with Crippen molar-refractivity contribution in [2.45, 2.75) is 0 Å². The Kier molecular flexibility index (Phi) is 7.39. The van der Waals surface area contributed by atoms with Crippen molar-refractivity contribution in [3.8, 4) is 33.4 Å². The highest BCUT2D eigenvalue weighted by molar-refractivity contribution is 7.26. The molecule has 0 radical (unpaired) electrons. The number of thiophene rings is 1. The van der Waals surface area contributed by atoms with E-state index in [1.165, 1.54) is 64.3 Å². The fraction of sp³-hybridized carbons (Fsp3) is 0. The molecule has 0 saturated carbocycles. The lowest BCUT2D eigenvalue weighted by Gasteiger charge is -2.26. The molecular formula is C52H33NOS. The van der Waals surface area contributed by atoms with Gasteiger partial charge in [0.15, 0.2) is 0 Å². The number of nitrogens with zero attached hydrogens (tertiary/aromatic N) is 1. The molecule has 0 aliphatic heterocycles. The van der Waals surface area contributed by atoms with Gasteiger partial charge in [0.1, 0.15) is 11.2 Å². The largest absolute Gasteiger partial charge is 0.456 e. The SMILES string of the molecule is c1ccc(-c2ccc(N(c3ccc(-c4ccc5sc6ccccc6c5c4-c4cccc5ccccc45)cc3)c3ccc4c(c3)oc3ccccc34)cc2)cc1. The third kappa shape index (κ3) is 5.32. The molecule has 0 fully saturated rings. The molecule has 2 nitrogen and oxygen atoms in total. The summed E-state index contributed by atoms with van der Waals surface area (Å²) in [4.78, 5) is 2.33. The Labute approximate surface area is 322 Å². The van der Waals surface area contributed by atoms with Gasteiger partial charge in [0.25, 0.3) is 0 Å². The van der Waals surface area contributed by atoms with E-state index in [4.69, 9.17) is 4.42 Å². The topological polar surface area (TPSA) is 16.4 Å². The molecule has 0 atom stereocenters. The highest BCUT2D eigenvalue weighted by Crippen LogP contribution is 2.47. The summed E-state index contributed by atoms with van der Waals surface area (Å²) in [7, 11) is 0. The smallest absolute Gasteiger partial charge is 0.137 e. The van der Waals surface area contributed by atoms with Gasteiger partial charge in [-0.05, 0) is 98.8 Å². The average Bonchev–Trinajstić information content (AvgIpc) is 3.82. The number of furan rings is 1. The Morgan fingerprint density at radius 2 is 0.982 bits per heavy atom. The van der Waals surface area contributed by atoms with Crippen molar-refractivity contribution in [2.75, 3.05) is 4.90 Å². The average molecular weight is 720 g/mol. The van der Waals surface area contributed by atoms with Crippen LogP contribution in [0.25, 0.3) is 86.3 Å². The summed E-state index contributed by atoms with van der Waals surface area (Å²) in [5.41, 5.74) is 12.3. The Morgan fingerprint density at radius 1 is 0.364 bits per heavy atom. The van der Waals surface area contributed by atoms with Crippen LogP contribution in [0.3, 0.4) is 0 Å². The summed E-state index contributed by atoms with van der Waals surface area (Å²) in [5, 5.41) is 7.37. The van der Waals surface area contributed by atoms with E-state index in [-0.39, 0.29) is 0 Å². The molecule has 0 amide bonds. The molecule has 0 N–H and O–H groups in total. The van der Waals surface area contributed by atoms with Gasteiger partial charge in [0.2, 0.25) is 0 Å². The molecule has 0 bridgehead atoms. The zero-order chi connectivity index (χ0) is 36.3. The highest BCUT2D eigenvalue weighted by Gasteiger charge is 2.20. The van der Waals surface area contributed by atoms with Gasteiger partial charge in [-0.25, -0.2) is 0 Å². The second-order valence-corrected chi connectivity index (χ2v) is 15.1. The number of para-hydroxylation sites is 1. The Bertz CT molecular complexity index is 3190. The monoisotopic (exact) mass is 719 g/mol. The predicted molar refractivity (Wildman–Crippen MR) is 235 cm³/mol. The molecule has 11 aromatic rings. The number of hydrogen-bond acceptors (Lipinski definition) is 3. The van der Waals surface area contributed by atoms with E-state index in [0.717, 1.165) is 39.0 Å². The number of benzene rings is 9. The first-order valence-corrected chi connectivity index (χ1v) is 19.5. The van der Waals surface area contributed by atoms with Crippen molar-refractivity contribution < 1.29 is 4.42 Å². The summed E-state index contributed by atoms with van der Waals surface area (Å²) < 4.78 is 9.00. The van der Waals surface area contributed by atoms with Crippen LogP contribution >= 0.6 is 11.3 Å². The first-order valence-electron chi connectivity index (χ1n) is 18.7. The van der Waals surface area contributed by atoms with E-state index in [9.17, 15) is 0 Å². The van der Waals surface area contributed by atoms with E-state index >= 15 is 0 Å². The first-order chi connectivity index (χ1) is 27.3. The van der Waals surface area contributed by atoms with Crippen LogP contribution in [-0.2, 0) is 0 Å². The van der Waals surface area contributed by atoms with Crippen LogP contribution in [0.2, 0.25) is 0 Å². The van der Waals surface area contributed by atoms with Gasteiger partial charge in [-0.3, -0.25) is 0 Å². The molecule has 0 spiro atoms. The van der Waals surface area contributed by atoms with E-state index in [0.29, 0.717) is 0 Å². The zero-order valence-electron chi connectivity index (χ0n) is 29.8. The molecule has 2 aromatic heterocycles. The molecule has 258 valence electrons. The van der Waals surface area contributed by atoms with Crippen LogP contribution in [-0.4, -0.2) is 0 Å². The first kappa shape index (κ1) is 31.6. The lowest BCUT2D eigenvalue weighted by Crippen LogP contribution is -2.09. The second kappa shape index (κ2) is 12.9. The summed E-state index contributed by atoms with van der Waals surface area (Å²) in [5.74, 6) is 0. The quantitative estimate of drug-likeness (QED) is 0.170. The maximum atomic E-state index is 6.39. The summed E-state index contributed by atoms with van der Waals surface area (Å²) in [6, 6.07) is 72.2. The molecule has 0 saturated heterocycles. The number of fused-ring (bicyclic) bond motifs is 7. The van der Waals surface area contributed by atoms with Crippen LogP contribution in [0.4, 0.5) is 17.1 Å². The molecular weight excluding hydrogens is 687 g/mol.